The van der Waals surface area contributed by atoms with Gasteiger partial charge in [0.25, 0.3) is 0 Å². The van der Waals surface area contributed by atoms with Crippen molar-refractivity contribution in [3.63, 3.8) is 0 Å². The molecule has 0 aliphatic carbocycles. The SMILES string of the molecule is CC1CN(c2cc(Cl)nc(SCC(=O)N3CCC(Cc4ccccc4)CC3)n2)CCN1C(=O)NC(C)(C)C. The van der Waals surface area contributed by atoms with Gasteiger partial charge in [-0.25, -0.2) is 14.8 Å². The van der Waals surface area contributed by atoms with Crippen LogP contribution in [0, 0.1) is 5.92 Å². The first kappa shape index (κ1) is 28.5. The van der Waals surface area contributed by atoms with Crippen molar-refractivity contribution in [3.05, 3.63) is 47.1 Å². The van der Waals surface area contributed by atoms with Crippen LogP contribution in [0.25, 0.3) is 0 Å². The molecule has 3 amide bonds. The van der Waals surface area contributed by atoms with Crippen LogP contribution in [-0.4, -0.2) is 81.8 Å². The first-order valence-electron chi connectivity index (χ1n) is 13.4. The van der Waals surface area contributed by atoms with Crippen LogP contribution in [0.2, 0.25) is 5.15 Å². The lowest BCUT2D eigenvalue weighted by Crippen LogP contribution is -2.59. The molecule has 2 saturated heterocycles. The highest BCUT2D eigenvalue weighted by molar-refractivity contribution is 7.99. The average Bonchev–Trinajstić information content (AvgIpc) is 2.87. The minimum absolute atomic E-state index is 0.0161. The summed E-state index contributed by atoms with van der Waals surface area (Å²) in [6, 6.07) is 12.3. The van der Waals surface area contributed by atoms with Gasteiger partial charge in [0.1, 0.15) is 11.0 Å². The Morgan fingerprint density at radius 2 is 1.79 bits per heavy atom. The highest BCUT2D eigenvalue weighted by atomic mass is 35.5. The second kappa shape index (κ2) is 12.6. The summed E-state index contributed by atoms with van der Waals surface area (Å²) in [5.41, 5.74) is 1.08. The van der Waals surface area contributed by atoms with Crippen LogP contribution in [0.5, 0.6) is 0 Å². The number of piperidine rings is 1. The molecular weight excluding hydrogens is 520 g/mol. The van der Waals surface area contributed by atoms with Crippen LogP contribution in [0.15, 0.2) is 41.6 Å². The minimum Gasteiger partial charge on any atom is -0.353 e. The lowest BCUT2D eigenvalue weighted by Gasteiger charge is -2.41. The Bertz CT molecular complexity index is 1100. The van der Waals surface area contributed by atoms with Crippen molar-refractivity contribution >= 4 is 41.1 Å². The molecule has 1 atom stereocenters. The second-order valence-electron chi connectivity index (χ2n) is 11.3. The number of thioether (sulfide) groups is 1. The van der Waals surface area contributed by atoms with Crippen LogP contribution in [-0.2, 0) is 11.2 Å². The quantitative estimate of drug-likeness (QED) is 0.314. The highest BCUT2D eigenvalue weighted by Gasteiger charge is 2.30. The molecule has 1 N–H and O–H groups in total. The van der Waals surface area contributed by atoms with E-state index in [2.05, 4.69) is 39.5 Å². The Hall–Kier alpha value is -2.52. The summed E-state index contributed by atoms with van der Waals surface area (Å²) in [7, 11) is 0. The maximum absolute atomic E-state index is 12.9. The molecule has 0 saturated carbocycles. The number of likely N-dealkylation sites (tertiary alicyclic amines) is 1. The number of piperazine rings is 1. The van der Waals surface area contributed by atoms with Crippen LogP contribution >= 0.6 is 23.4 Å². The van der Waals surface area contributed by atoms with Crippen molar-refractivity contribution in [1.29, 1.82) is 0 Å². The molecule has 1 aromatic carbocycles. The zero-order valence-electron chi connectivity index (χ0n) is 22.8. The smallest absolute Gasteiger partial charge is 0.318 e. The van der Waals surface area contributed by atoms with Gasteiger partial charge in [0.2, 0.25) is 5.91 Å². The third kappa shape index (κ3) is 7.99. The molecule has 1 unspecified atom stereocenters. The number of anilines is 1. The number of aromatic nitrogens is 2. The number of rotatable bonds is 6. The molecule has 2 aliphatic heterocycles. The zero-order valence-corrected chi connectivity index (χ0v) is 24.4. The monoisotopic (exact) mass is 558 g/mol. The van der Waals surface area contributed by atoms with E-state index in [-0.39, 0.29) is 23.5 Å². The molecule has 0 radical (unpaired) electrons. The lowest BCUT2D eigenvalue weighted by molar-refractivity contribution is -0.129. The van der Waals surface area contributed by atoms with Gasteiger partial charge in [0.15, 0.2) is 5.16 Å². The Morgan fingerprint density at radius 3 is 2.45 bits per heavy atom. The van der Waals surface area contributed by atoms with Gasteiger partial charge < -0.3 is 20.0 Å². The molecular formula is C28H39ClN6O2S. The number of amides is 3. The maximum Gasteiger partial charge on any atom is 0.318 e. The molecule has 206 valence electrons. The zero-order chi connectivity index (χ0) is 27.3. The first-order chi connectivity index (χ1) is 18.1. The number of hydrogen-bond donors (Lipinski definition) is 1. The van der Waals surface area contributed by atoms with E-state index in [1.165, 1.54) is 17.3 Å². The number of carbonyl (C=O) groups is 2. The molecule has 2 fully saturated rings. The van der Waals surface area contributed by atoms with Crippen molar-refractivity contribution in [2.75, 3.05) is 43.4 Å². The second-order valence-corrected chi connectivity index (χ2v) is 12.6. The number of carbonyl (C=O) groups excluding carboxylic acids is 2. The van der Waals surface area contributed by atoms with Crippen molar-refractivity contribution < 1.29 is 9.59 Å². The normalized spacial score (nSPS) is 19.0. The van der Waals surface area contributed by atoms with Gasteiger partial charge in [-0.05, 0) is 58.4 Å². The maximum atomic E-state index is 12.9. The van der Waals surface area contributed by atoms with Gasteiger partial charge in [-0.3, -0.25) is 4.79 Å². The van der Waals surface area contributed by atoms with Crippen LogP contribution in [0.1, 0.15) is 46.1 Å². The third-order valence-corrected chi connectivity index (χ3v) is 8.04. The number of nitrogens with one attached hydrogen (secondary N) is 1. The third-order valence-electron chi connectivity index (χ3n) is 7.01. The first-order valence-corrected chi connectivity index (χ1v) is 14.8. The molecule has 2 aromatic rings. The fourth-order valence-electron chi connectivity index (χ4n) is 5.02. The summed E-state index contributed by atoms with van der Waals surface area (Å²) in [4.78, 5) is 40.6. The Labute approximate surface area is 235 Å². The molecule has 8 nitrogen and oxygen atoms in total. The van der Waals surface area contributed by atoms with E-state index in [0.717, 1.165) is 38.2 Å². The van der Waals surface area contributed by atoms with E-state index >= 15 is 0 Å². The van der Waals surface area contributed by atoms with Gasteiger partial charge in [-0.15, -0.1) is 0 Å². The molecule has 0 spiro atoms. The molecule has 38 heavy (non-hydrogen) atoms. The molecule has 2 aliphatic rings. The van der Waals surface area contributed by atoms with Crippen molar-refractivity contribution in [2.45, 2.75) is 63.7 Å². The summed E-state index contributed by atoms with van der Waals surface area (Å²) < 4.78 is 0. The largest absolute Gasteiger partial charge is 0.353 e. The van der Waals surface area contributed by atoms with Crippen LogP contribution < -0.4 is 10.2 Å². The summed E-state index contributed by atoms with van der Waals surface area (Å²) in [6.45, 7) is 11.4. The van der Waals surface area contributed by atoms with E-state index in [1.54, 1.807) is 6.07 Å². The minimum atomic E-state index is -0.282. The van der Waals surface area contributed by atoms with Gasteiger partial charge in [-0.1, -0.05) is 53.7 Å². The summed E-state index contributed by atoms with van der Waals surface area (Å²) >= 11 is 7.67. The molecule has 4 rings (SSSR count). The van der Waals surface area contributed by atoms with E-state index in [1.807, 2.05) is 43.6 Å². The predicted molar refractivity (Wildman–Crippen MR) is 154 cm³/mol. The summed E-state index contributed by atoms with van der Waals surface area (Å²) in [5, 5.41) is 3.90. The van der Waals surface area contributed by atoms with Crippen molar-refractivity contribution in [3.8, 4) is 0 Å². The standard InChI is InChI=1S/C28H39ClN6O2S/c1-20-18-34(14-15-35(20)27(37)32-28(2,3)4)24-17-23(29)30-26(31-24)38-19-25(36)33-12-10-22(11-13-33)16-21-8-6-5-7-9-21/h5-9,17,20,22H,10-16,18-19H2,1-4H3,(H,32,37). The van der Waals surface area contributed by atoms with Crippen LogP contribution in [0.4, 0.5) is 10.6 Å². The highest BCUT2D eigenvalue weighted by Crippen LogP contribution is 2.26. The summed E-state index contributed by atoms with van der Waals surface area (Å²) in [5.74, 6) is 1.76. The Kier molecular flexibility index (Phi) is 9.41. The summed E-state index contributed by atoms with van der Waals surface area (Å²) in [6.07, 6.45) is 3.13. The molecule has 0 bridgehead atoms. The van der Waals surface area contributed by atoms with E-state index < -0.39 is 0 Å². The number of hydrogen-bond acceptors (Lipinski definition) is 6. The molecule has 10 heteroatoms. The average molecular weight is 559 g/mol. The van der Waals surface area contributed by atoms with E-state index in [0.29, 0.717) is 41.6 Å². The van der Waals surface area contributed by atoms with Gasteiger partial charge in [0.05, 0.1) is 5.75 Å². The Morgan fingerprint density at radius 1 is 1.08 bits per heavy atom. The lowest BCUT2D eigenvalue weighted by atomic mass is 9.90. The number of nitrogens with zero attached hydrogens (tertiary/aromatic N) is 5. The fraction of sp³-hybridized carbons (Fsp3) is 0.571. The van der Waals surface area contributed by atoms with Gasteiger partial charge in [-0.2, -0.15) is 0 Å². The topological polar surface area (TPSA) is 81.7 Å². The van der Waals surface area contributed by atoms with Gasteiger partial charge in [0, 0.05) is 50.4 Å². The Balaban J connectivity index is 1.27. The van der Waals surface area contributed by atoms with Crippen LogP contribution in [0.3, 0.4) is 0 Å². The number of benzene rings is 1. The van der Waals surface area contributed by atoms with E-state index in [4.69, 9.17) is 16.6 Å². The van der Waals surface area contributed by atoms with Gasteiger partial charge >= 0.3 is 6.03 Å². The fourth-order valence-corrected chi connectivity index (χ4v) is 6.01. The molecule has 1 aromatic heterocycles. The number of halogens is 1. The molecule has 3 heterocycles. The number of urea groups is 1. The predicted octanol–water partition coefficient (Wildman–Crippen LogP) is 4.72. The van der Waals surface area contributed by atoms with Crippen molar-refractivity contribution in [2.24, 2.45) is 5.92 Å². The van der Waals surface area contributed by atoms with Crippen molar-refractivity contribution in [1.82, 2.24) is 25.1 Å². The van der Waals surface area contributed by atoms with E-state index in [9.17, 15) is 9.59 Å².